The fourth-order valence-electron chi connectivity index (χ4n) is 2.06. The van der Waals surface area contributed by atoms with E-state index in [1.807, 2.05) is 6.07 Å². The van der Waals surface area contributed by atoms with E-state index in [4.69, 9.17) is 7.85 Å². The number of aliphatic hydroxyl groups is 2. The molecule has 3 rings (SSSR count). The Bertz CT molecular complexity index is 719. The van der Waals surface area contributed by atoms with E-state index >= 15 is 0 Å². The van der Waals surface area contributed by atoms with Gasteiger partial charge < -0.3 is 10.2 Å². The Morgan fingerprint density at radius 1 is 1.42 bits per heavy atom. The van der Waals surface area contributed by atoms with Crippen molar-refractivity contribution in [1.29, 1.82) is 0 Å². The molecule has 0 unspecified atom stereocenters. The first-order valence-corrected chi connectivity index (χ1v) is 6.62. The van der Waals surface area contributed by atoms with Crippen LogP contribution >= 0.6 is 15.9 Å². The molecule has 2 radical (unpaired) electrons. The summed E-state index contributed by atoms with van der Waals surface area (Å²) in [4.78, 5) is 16.4. The zero-order valence-electron chi connectivity index (χ0n) is 9.88. The maximum atomic E-state index is 12.1. The predicted molar refractivity (Wildman–Crippen MR) is 73.8 cm³/mol. The van der Waals surface area contributed by atoms with Crippen molar-refractivity contribution in [2.24, 2.45) is 0 Å². The van der Waals surface area contributed by atoms with Gasteiger partial charge in [0.05, 0.1) is 5.39 Å². The van der Waals surface area contributed by atoms with Gasteiger partial charge in [-0.1, -0.05) is 0 Å². The Hall–Kier alpha value is -1.18. The number of aromatic nitrogens is 2. The van der Waals surface area contributed by atoms with Crippen LogP contribution in [0.5, 0.6) is 0 Å². The number of pyridine rings is 2. The standard InChI is InChI=1S/C12H10BBrN2O3/c13-12(18,19)16-5-9(14)7-3-10(6-1-2-6)15-4-8(7)11(16)17/h3-6,18-19H,1-2H2. The third-order valence-electron chi connectivity index (χ3n) is 3.22. The molecule has 19 heavy (non-hydrogen) atoms. The van der Waals surface area contributed by atoms with Gasteiger partial charge in [0.1, 0.15) is 0 Å². The summed E-state index contributed by atoms with van der Waals surface area (Å²) in [7, 11) is 5.14. The summed E-state index contributed by atoms with van der Waals surface area (Å²) in [6, 6.07) is 1.86. The lowest BCUT2D eigenvalue weighted by Gasteiger charge is -2.21. The van der Waals surface area contributed by atoms with Crippen molar-refractivity contribution in [3.05, 3.63) is 39.0 Å². The maximum absolute atomic E-state index is 12.1. The van der Waals surface area contributed by atoms with Crippen molar-refractivity contribution in [3.8, 4) is 0 Å². The van der Waals surface area contributed by atoms with Gasteiger partial charge in [0.15, 0.2) is 13.7 Å². The van der Waals surface area contributed by atoms with Crippen molar-refractivity contribution < 1.29 is 10.2 Å². The highest BCUT2D eigenvalue weighted by molar-refractivity contribution is 9.10. The molecule has 1 fully saturated rings. The van der Waals surface area contributed by atoms with E-state index < -0.39 is 11.4 Å². The van der Waals surface area contributed by atoms with E-state index in [1.54, 1.807) is 0 Å². The molecule has 2 aromatic rings. The van der Waals surface area contributed by atoms with Crippen LogP contribution in [0.2, 0.25) is 0 Å². The van der Waals surface area contributed by atoms with Gasteiger partial charge in [0.25, 0.3) is 5.56 Å². The Morgan fingerprint density at radius 2 is 2.11 bits per heavy atom. The average molecular weight is 321 g/mol. The smallest absolute Gasteiger partial charge is 0.263 e. The topological polar surface area (TPSA) is 75.3 Å². The summed E-state index contributed by atoms with van der Waals surface area (Å²) in [6.07, 6.45) is 4.96. The number of fused-ring (bicyclic) bond motifs is 1. The van der Waals surface area contributed by atoms with Gasteiger partial charge in [-0.2, -0.15) is 0 Å². The Kier molecular flexibility index (Phi) is 2.81. The van der Waals surface area contributed by atoms with Crippen LogP contribution in [0.25, 0.3) is 10.8 Å². The highest BCUT2D eigenvalue weighted by Crippen LogP contribution is 2.40. The Morgan fingerprint density at radius 3 is 2.68 bits per heavy atom. The summed E-state index contributed by atoms with van der Waals surface area (Å²) in [5, 5.41) is 19.7. The monoisotopic (exact) mass is 320 g/mol. The van der Waals surface area contributed by atoms with Crippen molar-refractivity contribution >= 4 is 34.5 Å². The summed E-state index contributed by atoms with van der Waals surface area (Å²) in [6.45, 7) is 0. The van der Waals surface area contributed by atoms with E-state index in [9.17, 15) is 15.0 Å². The van der Waals surface area contributed by atoms with Gasteiger partial charge >= 0.3 is 0 Å². The number of nitrogens with zero attached hydrogens (tertiary/aromatic N) is 2. The van der Waals surface area contributed by atoms with E-state index in [-0.39, 0.29) is 5.39 Å². The fourth-order valence-corrected chi connectivity index (χ4v) is 2.59. The molecule has 0 spiro atoms. The molecule has 0 bridgehead atoms. The molecule has 2 aromatic heterocycles. The minimum atomic E-state index is -2.73. The zero-order chi connectivity index (χ0) is 13.8. The van der Waals surface area contributed by atoms with E-state index in [0.717, 1.165) is 18.5 Å². The normalized spacial score (nSPS) is 15.9. The lowest BCUT2D eigenvalue weighted by Crippen LogP contribution is -2.41. The summed E-state index contributed by atoms with van der Waals surface area (Å²) in [5.41, 5.74) is 0.359. The Balaban J connectivity index is 2.29. The van der Waals surface area contributed by atoms with E-state index in [2.05, 4.69) is 20.9 Å². The van der Waals surface area contributed by atoms with Gasteiger partial charge in [-0.25, -0.2) is 0 Å². The molecule has 5 nitrogen and oxygen atoms in total. The number of rotatable bonds is 2. The van der Waals surface area contributed by atoms with Gasteiger partial charge in [0.2, 0.25) is 0 Å². The first-order chi connectivity index (χ1) is 8.88. The predicted octanol–water partition coefficient (Wildman–Crippen LogP) is 0.757. The first-order valence-electron chi connectivity index (χ1n) is 5.83. The maximum Gasteiger partial charge on any atom is 0.263 e. The number of hydrogen-bond acceptors (Lipinski definition) is 4. The molecule has 1 saturated carbocycles. The third kappa shape index (κ3) is 2.22. The second kappa shape index (κ2) is 4.16. The van der Waals surface area contributed by atoms with E-state index in [0.29, 0.717) is 20.3 Å². The van der Waals surface area contributed by atoms with Crippen LogP contribution in [-0.2, 0) is 5.81 Å². The molecular weight excluding hydrogens is 311 g/mol. The highest BCUT2D eigenvalue weighted by Gasteiger charge is 2.26. The molecule has 0 atom stereocenters. The first kappa shape index (κ1) is 12.8. The third-order valence-corrected chi connectivity index (χ3v) is 3.86. The minimum absolute atomic E-state index is 0.289. The van der Waals surface area contributed by atoms with Crippen molar-refractivity contribution in [2.45, 2.75) is 24.6 Å². The van der Waals surface area contributed by atoms with Gasteiger partial charge in [0, 0.05) is 33.9 Å². The molecule has 0 amide bonds. The number of hydrogen-bond donors (Lipinski definition) is 2. The molecule has 0 saturated heterocycles. The zero-order valence-corrected chi connectivity index (χ0v) is 11.5. The van der Waals surface area contributed by atoms with Crippen LogP contribution in [-0.4, -0.2) is 27.6 Å². The Labute approximate surface area is 118 Å². The molecule has 2 N–H and O–H groups in total. The highest BCUT2D eigenvalue weighted by atomic mass is 79.9. The molecule has 0 aromatic carbocycles. The van der Waals surface area contributed by atoms with Crippen molar-refractivity contribution in [1.82, 2.24) is 9.55 Å². The second-order valence-corrected chi connectivity index (χ2v) is 5.62. The molecule has 1 aliphatic carbocycles. The quantitative estimate of drug-likeness (QED) is 0.632. The second-order valence-electron chi connectivity index (χ2n) is 4.77. The summed E-state index contributed by atoms with van der Waals surface area (Å²) < 4.78 is 1.21. The van der Waals surface area contributed by atoms with Crippen LogP contribution in [0.15, 0.2) is 27.7 Å². The van der Waals surface area contributed by atoms with Crippen molar-refractivity contribution in [2.75, 3.05) is 0 Å². The van der Waals surface area contributed by atoms with Crippen molar-refractivity contribution in [3.63, 3.8) is 0 Å². The fraction of sp³-hybridized carbons (Fsp3) is 0.333. The molecular formula is C12H10BBrN2O3. The van der Waals surface area contributed by atoms with Crippen LogP contribution in [0.3, 0.4) is 0 Å². The molecule has 2 heterocycles. The molecule has 7 heteroatoms. The minimum Gasteiger partial charge on any atom is -0.357 e. The average Bonchev–Trinajstić information content (AvgIpc) is 3.16. The van der Waals surface area contributed by atoms with Gasteiger partial charge in [-0.3, -0.25) is 14.3 Å². The van der Waals surface area contributed by atoms with Gasteiger partial charge in [-0.05, 0) is 34.8 Å². The summed E-state index contributed by atoms with van der Waals surface area (Å²) in [5.74, 6) is -2.26. The van der Waals surface area contributed by atoms with Crippen LogP contribution < -0.4 is 5.56 Å². The van der Waals surface area contributed by atoms with Crippen LogP contribution in [0, 0.1) is 0 Å². The van der Waals surface area contributed by atoms with Crippen LogP contribution in [0.1, 0.15) is 24.5 Å². The van der Waals surface area contributed by atoms with E-state index in [1.165, 1.54) is 12.4 Å². The molecule has 96 valence electrons. The lowest BCUT2D eigenvalue weighted by atomic mass is 10.0. The summed E-state index contributed by atoms with van der Waals surface area (Å²) >= 11 is 3.31. The molecule has 0 aliphatic heterocycles. The molecule has 1 aliphatic rings. The SMILES string of the molecule is [B]C(O)(O)n1cc(Br)c2cc(C3CC3)ncc2c1=O. The largest absolute Gasteiger partial charge is 0.357 e. The van der Waals surface area contributed by atoms with Gasteiger partial charge in [-0.15, -0.1) is 0 Å². The van der Waals surface area contributed by atoms with Crippen LogP contribution in [0.4, 0.5) is 0 Å². The number of halogens is 1. The lowest BCUT2D eigenvalue weighted by molar-refractivity contribution is -0.154.